The summed E-state index contributed by atoms with van der Waals surface area (Å²) in [5.41, 5.74) is 4.24. The number of benzene rings is 2. The number of phenolic OH excluding ortho intramolecular Hbond substituents is 1. The van der Waals surface area contributed by atoms with E-state index in [1.165, 1.54) is 10.9 Å². The van der Waals surface area contributed by atoms with E-state index in [-0.39, 0.29) is 11.8 Å². The lowest BCUT2D eigenvalue weighted by atomic mass is 9.93. The first-order valence-corrected chi connectivity index (χ1v) is 8.90. The molecule has 0 bridgehead atoms. The number of halogens is 1. The van der Waals surface area contributed by atoms with Gasteiger partial charge in [0.2, 0.25) is 0 Å². The Balaban J connectivity index is 1.93. The van der Waals surface area contributed by atoms with Gasteiger partial charge < -0.3 is 14.8 Å². The molecule has 1 aliphatic heterocycles. The van der Waals surface area contributed by atoms with Crippen LogP contribution in [0, 0.1) is 6.92 Å². The van der Waals surface area contributed by atoms with E-state index < -0.39 is 0 Å². The maximum absolute atomic E-state index is 10.6. The average molecular weight is 357 g/mol. The number of nitrogens with one attached hydrogen (secondary N) is 1. The maximum Gasteiger partial charge on any atom is 0.120 e. The molecule has 25 heavy (non-hydrogen) atoms. The second kappa shape index (κ2) is 6.71. The van der Waals surface area contributed by atoms with Crippen molar-refractivity contribution >= 4 is 22.5 Å². The SMILES string of the molecule is Cc1[nH]c2ccccc2c1[C@H](c1cc(Cl)ccc1O)N1CCOCC1. The predicted molar refractivity (Wildman–Crippen MR) is 100 cm³/mol. The molecule has 4 rings (SSSR count). The lowest BCUT2D eigenvalue weighted by Crippen LogP contribution is -2.39. The van der Waals surface area contributed by atoms with Crippen molar-refractivity contribution in [3.63, 3.8) is 0 Å². The van der Waals surface area contributed by atoms with E-state index in [4.69, 9.17) is 16.3 Å². The van der Waals surface area contributed by atoms with Crippen LogP contribution in [-0.2, 0) is 4.74 Å². The third-order valence-corrected chi connectivity index (χ3v) is 5.15. The molecule has 0 radical (unpaired) electrons. The van der Waals surface area contributed by atoms with E-state index in [1.807, 2.05) is 18.2 Å². The number of para-hydroxylation sites is 1. The summed E-state index contributed by atoms with van der Waals surface area (Å²) in [5.74, 6) is 0.269. The summed E-state index contributed by atoms with van der Waals surface area (Å²) >= 11 is 6.26. The van der Waals surface area contributed by atoms with E-state index >= 15 is 0 Å². The molecule has 0 spiro atoms. The van der Waals surface area contributed by atoms with Crippen molar-refractivity contribution < 1.29 is 9.84 Å². The van der Waals surface area contributed by atoms with E-state index in [1.54, 1.807) is 12.1 Å². The van der Waals surface area contributed by atoms with Gasteiger partial charge in [0.1, 0.15) is 5.75 Å². The summed E-state index contributed by atoms with van der Waals surface area (Å²) in [4.78, 5) is 5.84. The van der Waals surface area contributed by atoms with E-state index in [2.05, 4.69) is 28.9 Å². The van der Waals surface area contributed by atoms with Crippen LogP contribution >= 0.6 is 11.6 Å². The molecule has 130 valence electrons. The van der Waals surface area contributed by atoms with Gasteiger partial charge in [-0.1, -0.05) is 29.8 Å². The number of rotatable bonds is 3. The summed E-state index contributed by atoms with van der Waals surface area (Å²) in [6.07, 6.45) is 0. The van der Waals surface area contributed by atoms with Crippen LogP contribution in [0.2, 0.25) is 5.02 Å². The number of hydrogen-bond acceptors (Lipinski definition) is 3. The van der Waals surface area contributed by atoms with Crippen LogP contribution < -0.4 is 0 Å². The largest absolute Gasteiger partial charge is 0.508 e. The number of aromatic hydroxyl groups is 1. The Morgan fingerprint density at radius 2 is 1.92 bits per heavy atom. The monoisotopic (exact) mass is 356 g/mol. The molecule has 1 saturated heterocycles. The van der Waals surface area contributed by atoms with Gasteiger partial charge in [0, 0.05) is 45.8 Å². The zero-order chi connectivity index (χ0) is 17.4. The van der Waals surface area contributed by atoms with Gasteiger partial charge in [0.25, 0.3) is 0 Å². The highest BCUT2D eigenvalue weighted by Gasteiger charge is 2.30. The van der Waals surface area contributed by atoms with Crippen LogP contribution in [0.3, 0.4) is 0 Å². The number of nitrogens with zero attached hydrogens (tertiary/aromatic N) is 1. The third-order valence-electron chi connectivity index (χ3n) is 4.91. The number of phenols is 1. The van der Waals surface area contributed by atoms with Crippen LogP contribution in [0.1, 0.15) is 22.9 Å². The highest BCUT2D eigenvalue weighted by Crippen LogP contribution is 2.40. The lowest BCUT2D eigenvalue weighted by Gasteiger charge is -2.35. The van der Waals surface area contributed by atoms with E-state index in [0.717, 1.165) is 29.9 Å². The summed E-state index contributed by atoms with van der Waals surface area (Å²) < 4.78 is 5.54. The van der Waals surface area contributed by atoms with Gasteiger partial charge in [0.05, 0.1) is 19.3 Å². The number of aryl methyl sites for hydroxylation is 1. The fraction of sp³-hybridized carbons (Fsp3) is 0.300. The molecule has 2 heterocycles. The standard InChI is InChI=1S/C20H21ClN2O2/c1-13-19(15-4-2-3-5-17(15)22-13)20(23-8-10-25-11-9-23)16-12-14(21)6-7-18(16)24/h2-7,12,20,22,24H,8-11H2,1H3/t20-/m0/s1. The Bertz CT molecular complexity index is 900. The number of fused-ring (bicyclic) bond motifs is 1. The smallest absolute Gasteiger partial charge is 0.120 e. The molecule has 4 nitrogen and oxygen atoms in total. The Kier molecular flexibility index (Phi) is 4.42. The highest BCUT2D eigenvalue weighted by atomic mass is 35.5. The molecule has 1 aromatic heterocycles. The Morgan fingerprint density at radius 1 is 1.16 bits per heavy atom. The minimum absolute atomic E-state index is 0.0706. The molecule has 5 heteroatoms. The van der Waals surface area contributed by atoms with Crippen molar-refractivity contribution in [2.75, 3.05) is 26.3 Å². The van der Waals surface area contributed by atoms with Gasteiger partial charge in [-0.05, 0) is 31.2 Å². The molecule has 0 saturated carbocycles. The molecule has 0 unspecified atom stereocenters. The number of aromatic amines is 1. The Labute approximate surface area is 152 Å². The first-order valence-electron chi connectivity index (χ1n) is 8.52. The van der Waals surface area contributed by atoms with Gasteiger partial charge in [-0.25, -0.2) is 0 Å². The summed E-state index contributed by atoms with van der Waals surface area (Å²) in [6.45, 7) is 5.11. The van der Waals surface area contributed by atoms with Crippen molar-refractivity contribution in [1.29, 1.82) is 0 Å². The summed E-state index contributed by atoms with van der Waals surface area (Å²) in [5, 5.41) is 12.4. The topological polar surface area (TPSA) is 48.5 Å². The third kappa shape index (κ3) is 3.01. The lowest BCUT2D eigenvalue weighted by molar-refractivity contribution is 0.0237. The van der Waals surface area contributed by atoms with Gasteiger partial charge >= 0.3 is 0 Å². The van der Waals surface area contributed by atoms with Gasteiger partial charge in [-0.15, -0.1) is 0 Å². The maximum atomic E-state index is 10.6. The van der Waals surface area contributed by atoms with Crippen molar-refractivity contribution in [2.24, 2.45) is 0 Å². The van der Waals surface area contributed by atoms with Crippen LogP contribution in [0.25, 0.3) is 10.9 Å². The van der Waals surface area contributed by atoms with Crippen molar-refractivity contribution in [1.82, 2.24) is 9.88 Å². The summed E-state index contributed by atoms with van der Waals surface area (Å²) in [7, 11) is 0. The van der Waals surface area contributed by atoms with Gasteiger partial charge in [-0.3, -0.25) is 4.90 Å². The second-order valence-corrected chi connectivity index (χ2v) is 6.90. The number of morpholine rings is 1. The Hall–Kier alpha value is -2.01. The van der Waals surface area contributed by atoms with E-state index in [9.17, 15) is 5.11 Å². The molecule has 0 aliphatic carbocycles. The molecule has 1 aliphatic rings. The summed E-state index contributed by atoms with van der Waals surface area (Å²) in [6, 6.07) is 13.5. The van der Waals surface area contributed by atoms with Crippen molar-refractivity contribution in [2.45, 2.75) is 13.0 Å². The predicted octanol–water partition coefficient (Wildman–Crippen LogP) is 4.26. The zero-order valence-corrected chi connectivity index (χ0v) is 14.9. The number of H-pyrrole nitrogens is 1. The van der Waals surface area contributed by atoms with Crippen molar-refractivity contribution in [3.8, 4) is 5.75 Å². The zero-order valence-electron chi connectivity index (χ0n) is 14.1. The van der Waals surface area contributed by atoms with Gasteiger partial charge in [0.15, 0.2) is 0 Å². The quantitative estimate of drug-likeness (QED) is 0.737. The molecular formula is C20H21ClN2O2. The van der Waals surface area contributed by atoms with Crippen molar-refractivity contribution in [3.05, 3.63) is 64.3 Å². The molecule has 3 aromatic rings. The molecule has 2 N–H and O–H groups in total. The van der Waals surface area contributed by atoms with Crippen LogP contribution in [0.4, 0.5) is 0 Å². The highest BCUT2D eigenvalue weighted by molar-refractivity contribution is 6.30. The Morgan fingerprint density at radius 3 is 2.72 bits per heavy atom. The van der Waals surface area contributed by atoms with E-state index in [0.29, 0.717) is 18.2 Å². The average Bonchev–Trinajstić information content (AvgIpc) is 2.95. The molecule has 0 amide bonds. The normalized spacial score (nSPS) is 17.0. The number of ether oxygens (including phenoxy) is 1. The van der Waals surface area contributed by atoms with Crippen LogP contribution in [0.15, 0.2) is 42.5 Å². The fourth-order valence-electron chi connectivity index (χ4n) is 3.77. The number of hydrogen-bond donors (Lipinski definition) is 2. The molecule has 1 fully saturated rings. The molecule has 1 atom stereocenters. The van der Waals surface area contributed by atoms with Crippen LogP contribution in [-0.4, -0.2) is 41.3 Å². The number of aromatic nitrogens is 1. The first-order chi connectivity index (χ1) is 12.1. The van der Waals surface area contributed by atoms with Gasteiger partial charge in [-0.2, -0.15) is 0 Å². The minimum atomic E-state index is -0.0706. The molecule has 2 aromatic carbocycles. The first kappa shape index (κ1) is 16.5. The van der Waals surface area contributed by atoms with Crippen LogP contribution in [0.5, 0.6) is 5.75 Å². The minimum Gasteiger partial charge on any atom is -0.508 e. The second-order valence-electron chi connectivity index (χ2n) is 6.46. The molecular weight excluding hydrogens is 336 g/mol. The fourth-order valence-corrected chi connectivity index (χ4v) is 3.95.